The molecule has 1 saturated carbocycles. The number of nitrogens with one attached hydrogen (secondary N) is 2. The summed E-state index contributed by atoms with van der Waals surface area (Å²) in [4.78, 5) is 37.9. The number of alkyl halides is 3. The van der Waals surface area contributed by atoms with Crippen molar-refractivity contribution in [2.45, 2.75) is 37.7 Å². The highest BCUT2D eigenvalue weighted by atomic mass is 19.4. The number of halogens is 3. The number of hydrogen-bond acceptors (Lipinski definition) is 4. The van der Waals surface area contributed by atoms with E-state index in [0.717, 1.165) is 29.7 Å². The molecule has 0 saturated heterocycles. The summed E-state index contributed by atoms with van der Waals surface area (Å²) in [7, 11) is 0. The third-order valence-corrected chi connectivity index (χ3v) is 6.18. The van der Waals surface area contributed by atoms with Crippen molar-refractivity contribution >= 4 is 23.6 Å². The van der Waals surface area contributed by atoms with Crippen LogP contribution in [0.25, 0.3) is 0 Å². The van der Waals surface area contributed by atoms with Crippen LogP contribution in [-0.2, 0) is 11.3 Å². The van der Waals surface area contributed by atoms with E-state index in [4.69, 9.17) is 5.11 Å². The molecule has 4 rings (SSSR count). The Morgan fingerprint density at radius 3 is 2.23 bits per heavy atom. The zero-order chi connectivity index (χ0) is 28.0. The monoisotopic (exact) mass is 541 g/mol. The van der Waals surface area contributed by atoms with E-state index in [1.54, 1.807) is 29.2 Å². The lowest BCUT2D eigenvalue weighted by Crippen LogP contribution is -2.37. The molecule has 11 heteroatoms. The average molecular weight is 542 g/mol. The Hall–Kier alpha value is -4.54. The molecule has 39 heavy (non-hydrogen) atoms. The van der Waals surface area contributed by atoms with Gasteiger partial charge in [0.15, 0.2) is 0 Å². The minimum absolute atomic E-state index is 0.00965. The zero-order valence-electron chi connectivity index (χ0n) is 20.6. The summed E-state index contributed by atoms with van der Waals surface area (Å²) in [6.07, 6.45) is -4.25. The molecule has 0 heterocycles. The summed E-state index contributed by atoms with van der Waals surface area (Å²) in [6.45, 7) is 0.242. The highest BCUT2D eigenvalue weighted by Gasteiger charge is 2.44. The van der Waals surface area contributed by atoms with Crippen molar-refractivity contribution in [3.63, 3.8) is 0 Å². The predicted molar refractivity (Wildman–Crippen MR) is 136 cm³/mol. The largest absolute Gasteiger partial charge is 0.573 e. The van der Waals surface area contributed by atoms with Crippen LogP contribution in [0.3, 0.4) is 0 Å². The van der Waals surface area contributed by atoms with Crippen LogP contribution in [0.4, 0.5) is 23.7 Å². The van der Waals surface area contributed by atoms with Crippen molar-refractivity contribution in [2.75, 3.05) is 11.9 Å². The van der Waals surface area contributed by atoms with E-state index >= 15 is 0 Å². The lowest BCUT2D eigenvalue weighted by atomic mass is 10.1. The van der Waals surface area contributed by atoms with Crippen molar-refractivity contribution in [1.29, 1.82) is 0 Å². The van der Waals surface area contributed by atoms with Gasteiger partial charge in [0, 0.05) is 36.3 Å². The van der Waals surface area contributed by atoms with Gasteiger partial charge < -0.3 is 25.4 Å². The number of amides is 3. The maximum Gasteiger partial charge on any atom is 0.573 e. The molecule has 3 aromatic rings. The van der Waals surface area contributed by atoms with Gasteiger partial charge in [-0.15, -0.1) is 13.2 Å². The van der Waals surface area contributed by atoms with E-state index in [1.165, 1.54) is 12.1 Å². The summed E-state index contributed by atoms with van der Waals surface area (Å²) in [5, 5.41) is 14.0. The minimum atomic E-state index is -4.81. The molecule has 1 unspecified atom stereocenters. The molecule has 0 aliphatic heterocycles. The lowest BCUT2D eigenvalue weighted by molar-refractivity contribution is -0.274. The van der Waals surface area contributed by atoms with Gasteiger partial charge in [0.05, 0.1) is 6.42 Å². The smallest absolute Gasteiger partial charge is 0.481 e. The Bertz CT molecular complexity index is 1300. The number of urea groups is 1. The van der Waals surface area contributed by atoms with Crippen LogP contribution in [0.2, 0.25) is 0 Å². The number of nitrogens with zero attached hydrogens (tertiary/aromatic N) is 1. The quantitative estimate of drug-likeness (QED) is 0.320. The fourth-order valence-electron chi connectivity index (χ4n) is 4.20. The fraction of sp³-hybridized carbons (Fsp3) is 0.250. The number of carboxylic acids is 1. The van der Waals surface area contributed by atoms with E-state index < -0.39 is 30.0 Å². The highest BCUT2D eigenvalue weighted by molar-refractivity contribution is 5.94. The molecule has 0 radical (unpaired) electrons. The van der Waals surface area contributed by atoms with Crippen LogP contribution in [0.5, 0.6) is 5.75 Å². The number of ether oxygens (including phenoxy) is 1. The molecule has 1 fully saturated rings. The molecule has 0 bridgehead atoms. The number of anilines is 1. The van der Waals surface area contributed by atoms with E-state index in [2.05, 4.69) is 15.4 Å². The van der Waals surface area contributed by atoms with Gasteiger partial charge in [0.1, 0.15) is 5.75 Å². The van der Waals surface area contributed by atoms with Crippen molar-refractivity contribution in [2.24, 2.45) is 0 Å². The van der Waals surface area contributed by atoms with Gasteiger partial charge in [-0.05, 0) is 53.9 Å². The molecule has 0 aromatic heterocycles. The van der Waals surface area contributed by atoms with Gasteiger partial charge >= 0.3 is 18.4 Å². The maximum absolute atomic E-state index is 13.3. The van der Waals surface area contributed by atoms with Crippen molar-refractivity contribution in [3.8, 4) is 5.75 Å². The Labute approximate surface area is 222 Å². The van der Waals surface area contributed by atoms with Crippen LogP contribution >= 0.6 is 0 Å². The van der Waals surface area contributed by atoms with Crippen LogP contribution in [-0.4, -0.2) is 46.9 Å². The average Bonchev–Trinajstić information content (AvgIpc) is 3.69. The van der Waals surface area contributed by atoms with Crippen LogP contribution in [0.1, 0.15) is 40.2 Å². The van der Waals surface area contributed by atoms with Gasteiger partial charge in [-0.1, -0.05) is 42.5 Å². The van der Waals surface area contributed by atoms with Crippen LogP contribution in [0.15, 0.2) is 78.9 Å². The number of carboxylic acid groups (broad SMARTS) is 1. The Balaban J connectivity index is 1.45. The second-order valence-corrected chi connectivity index (χ2v) is 9.05. The fourth-order valence-corrected chi connectivity index (χ4v) is 4.20. The Kier molecular flexibility index (Phi) is 8.38. The number of carbonyl (C=O) groups is 3. The number of aliphatic carboxylic acids is 1. The molecule has 0 spiro atoms. The van der Waals surface area contributed by atoms with Crippen molar-refractivity contribution < 1.29 is 37.4 Å². The van der Waals surface area contributed by atoms with E-state index in [-0.39, 0.29) is 31.5 Å². The third-order valence-electron chi connectivity index (χ3n) is 6.18. The van der Waals surface area contributed by atoms with Crippen molar-refractivity contribution in [3.05, 3.63) is 95.6 Å². The topological polar surface area (TPSA) is 108 Å². The van der Waals surface area contributed by atoms with Gasteiger partial charge in [-0.25, -0.2) is 4.79 Å². The second-order valence-electron chi connectivity index (χ2n) is 9.05. The normalized spacial score (nSPS) is 16.2. The van der Waals surface area contributed by atoms with Crippen LogP contribution in [0, 0.1) is 0 Å². The Morgan fingerprint density at radius 1 is 0.949 bits per heavy atom. The third kappa shape index (κ3) is 7.97. The molecular formula is C28H26F3N3O5. The van der Waals surface area contributed by atoms with Crippen molar-refractivity contribution in [1.82, 2.24) is 10.2 Å². The lowest BCUT2D eigenvalue weighted by Gasteiger charge is -2.24. The number of hydrogen-bond donors (Lipinski definition) is 3. The minimum Gasteiger partial charge on any atom is -0.481 e. The number of carbonyl (C=O) groups excluding carboxylic acids is 2. The summed E-state index contributed by atoms with van der Waals surface area (Å²) in [5.74, 6) is -1.67. The molecular weight excluding hydrogens is 515 g/mol. The zero-order valence-corrected chi connectivity index (χ0v) is 20.6. The molecule has 3 N–H and O–H groups in total. The first-order chi connectivity index (χ1) is 18.6. The van der Waals surface area contributed by atoms with Gasteiger partial charge in [-0.2, -0.15) is 0 Å². The Morgan fingerprint density at radius 2 is 1.62 bits per heavy atom. The molecule has 2 atom stereocenters. The van der Waals surface area contributed by atoms with E-state index in [0.29, 0.717) is 11.3 Å². The molecule has 204 valence electrons. The molecule has 1 aliphatic rings. The molecule has 1 aliphatic carbocycles. The summed E-state index contributed by atoms with van der Waals surface area (Å²) >= 11 is 0. The SMILES string of the molecule is O=C(O)CCNC(=O)c1ccc(CN(C(=O)Nc2ccc(OC(F)(F)F)cc2)C2C[C@H]2c2ccccc2)cc1. The highest BCUT2D eigenvalue weighted by Crippen LogP contribution is 2.45. The summed E-state index contributed by atoms with van der Waals surface area (Å²) < 4.78 is 41.2. The molecule has 3 amide bonds. The summed E-state index contributed by atoms with van der Waals surface area (Å²) in [6, 6.07) is 20.8. The standard InChI is InChI=1S/C28H26F3N3O5/c29-28(30,31)39-22-12-10-21(11-13-22)33-27(38)34(24-16-23(24)19-4-2-1-3-5-19)17-18-6-8-20(9-7-18)26(37)32-15-14-25(35)36/h1-13,23-24H,14-17H2,(H,32,37)(H,33,38)(H,35,36)/t23-,24?/m0/s1. The first kappa shape index (κ1) is 27.5. The van der Waals surface area contributed by atoms with Gasteiger partial charge in [0.25, 0.3) is 5.91 Å². The van der Waals surface area contributed by atoms with Crippen LogP contribution < -0.4 is 15.4 Å². The molecule has 8 nitrogen and oxygen atoms in total. The summed E-state index contributed by atoms with van der Waals surface area (Å²) in [5.41, 5.74) is 2.53. The van der Waals surface area contributed by atoms with E-state index in [1.807, 2.05) is 30.3 Å². The first-order valence-corrected chi connectivity index (χ1v) is 12.2. The first-order valence-electron chi connectivity index (χ1n) is 12.2. The second kappa shape index (κ2) is 11.9. The molecule has 3 aromatic carbocycles. The number of benzene rings is 3. The predicted octanol–water partition coefficient (Wildman–Crippen LogP) is 5.38. The van der Waals surface area contributed by atoms with E-state index in [9.17, 15) is 27.6 Å². The van der Waals surface area contributed by atoms with Gasteiger partial charge in [-0.3, -0.25) is 9.59 Å². The number of rotatable bonds is 10. The maximum atomic E-state index is 13.3. The van der Waals surface area contributed by atoms with Gasteiger partial charge in [0.2, 0.25) is 0 Å².